The topological polar surface area (TPSA) is 41.5 Å². The van der Waals surface area contributed by atoms with Crippen LogP contribution in [0.15, 0.2) is 29.3 Å². The quantitative estimate of drug-likeness (QED) is 0.808. The molecule has 2 bridgehead atoms. The predicted molar refractivity (Wildman–Crippen MR) is 108 cm³/mol. The maximum Gasteiger partial charge on any atom is 0.233 e. The lowest BCUT2D eigenvalue weighted by Gasteiger charge is -2.29. The van der Waals surface area contributed by atoms with Gasteiger partial charge in [-0.3, -0.25) is 4.79 Å². The minimum atomic E-state index is -0.0995. The molecule has 4 rings (SSSR count). The third-order valence-corrected chi connectivity index (χ3v) is 8.30. The summed E-state index contributed by atoms with van der Waals surface area (Å²) in [5, 5.41) is 3.19. The first-order valence-electron chi connectivity index (χ1n) is 9.36. The van der Waals surface area contributed by atoms with Gasteiger partial charge in [0.25, 0.3) is 0 Å². The van der Waals surface area contributed by atoms with Gasteiger partial charge in [0.05, 0.1) is 10.9 Å². The number of rotatable bonds is 4. The number of amides is 1. The van der Waals surface area contributed by atoms with Crippen LogP contribution < -0.4 is 5.32 Å². The van der Waals surface area contributed by atoms with Crippen molar-refractivity contribution < 1.29 is 4.79 Å². The predicted octanol–water partition coefficient (Wildman–Crippen LogP) is 4.98. The van der Waals surface area contributed by atoms with Crippen molar-refractivity contribution >= 4 is 39.5 Å². The summed E-state index contributed by atoms with van der Waals surface area (Å²) >= 11 is 3.33. The van der Waals surface area contributed by atoms with Crippen molar-refractivity contribution in [2.45, 2.75) is 56.6 Å². The molecule has 5 unspecified atom stereocenters. The van der Waals surface area contributed by atoms with Crippen LogP contribution >= 0.6 is 23.5 Å². The molecule has 0 spiro atoms. The fraction of sp³-hybridized carbons (Fsp3) is 0.600. The fourth-order valence-electron chi connectivity index (χ4n) is 4.63. The highest BCUT2D eigenvalue weighted by atomic mass is 32.2. The first-order chi connectivity index (χ1) is 12.1. The Balaban J connectivity index is 1.33. The molecule has 1 aromatic rings. The molecule has 1 aromatic carbocycles. The van der Waals surface area contributed by atoms with Gasteiger partial charge >= 0.3 is 0 Å². The number of hydrogen-bond donors (Lipinski definition) is 1. The molecule has 1 aliphatic heterocycles. The Kier molecular flexibility index (Phi) is 5.14. The summed E-state index contributed by atoms with van der Waals surface area (Å²) in [5.41, 5.74) is 2.32. The molecule has 5 heteroatoms. The van der Waals surface area contributed by atoms with E-state index in [1.54, 1.807) is 23.5 Å². The first kappa shape index (κ1) is 17.5. The van der Waals surface area contributed by atoms with Crippen LogP contribution in [-0.4, -0.2) is 21.6 Å². The van der Waals surface area contributed by atoms with Gasteiger partial charge in [-0.25, -0.2) is 4.99 Å². The molecule has 2 saturated carbocycles. The molecule has 1 N–H and O–H groups in total. The molecule has 5 atom stereocenters. The van der Waals surface area contributed by atoms with E-state index in [9.17, 15) is 4.79 Å². The Morgan fingerprint density at radius 1 is 1.28 bits per heavy atom. The summed E-state index contributed by atoms with van der Waals surface area (Å²) in [6, 6.07) is 8.55. The summed E-state index contributed by atoms with van der Waals surface area (Å²) in [7, 11) is 0. The molecule has 0 radical (unpaired) electrons. The zero-order valence-electron chi connectivity index (χ0n) is 14.9. The van der Waals surface area contributed by atoms with Crippen LogP contribution in [0.25, 0.3) is 0 Å². The molecule has 3 nitrogen and oxygen atoms in total. The Labute approximate surface area is 158 Å². The third kappa shape index (κ3) is 3.77. The van der Waals surface area contributed by atoms with Gasteiger partial charge in [0.2, 0.25) is 5.91 Å². The van der Waals surface area contributed by atoms with E-state index in [0.717, 1.165) is 27.7 Å². The van der Waals surface area contributed by atoms with Gasteiger partial charge in [0.1, 0.15) is 4.38 Å². The van der Waals surface area contributed by atoms with Crippen LogP contribution in [0.1, 0.15) is 45.1 Å². The Hall–Kier alpha value is -0.940. The molecule has 2 aliphatic carbocycles. The summed E-state index contributed by atoms with van der Waals surface area (Å²) in [4.78, 5) is 17.4. The lowest BCUT2D eigenvalue weighted by Crippen LogP contribution is -2.43. The molecule has 2 fully saturated rings. The van der Waals surface area contributed by atoms with Crippen molar-refractivity contribution in [3.05, 3.63) is 29.8 Å². The van der Waals surface area contributed by atoms with Crippen LogP contribution in [0, 0.1) is 17.8 Å². The number of carbonyl (C=O) groups is 1. The summed E-state index contributed by atoms with van der Waals surface area (Å²) < 4.78 is 1.01. The average molecular weight is 375 g/mol. The zero-order chi connectivity index (χ0) is 17.4. The summed E-state index contributed by atoms with van der Waals surface area (Å²) in [6.45, 7) is 4.20. The van der Waals surface area contributed by atoms with Crippen LogP contribution in [0.2, 0.25) is 0 Å². The van der Waals surface area contributed by atoms with Crippen molar-refractivity contribution in [1.82, 2.24) is 5.32 Å². The molecule has 1 heterocycles. The minimum Gasteiger partial charge on any atom is -0.352 e. The molecular formula is C20H26N2OS2. The van der Waals surface area contributed by atoms with Gasteiger partial charge in [-0.05, 0) is 62.5 Å². The van der Waals surface area contributed by atoms with Crippen LogP contribution in [0.5, 0.6) is 0 Å². The van der Waals surface area contributed by atoms with Crippen LogP contribution in [0.3, 0.4) is 0 Å². The summed E-state index contributed by atoms with van der Waals surface area (Å²) in [6.07, 6.45) is 5.48. The number of carbonyl (C=O) groups excluding carboxylic acids is 1. The molecule has 0 saturated heterocycles. The van der Waals surface area contributed by atoms with E-state index >= 15 is 0 Å². The van der Waals surface area contributed by atoms with E-state index in [0.29, 0.717) is 12.0 Å². The third-order valence-electron chi connectivity index (χ3n) is 6.01. The van der Waals surface area contributed by atoms with Gasteiger partial charge in [-0.2, -0.15) is 0 Å². The van der Waals surface area contributed by atoms with E-state index < -0.39 is 0 Å². The summed E-state index contributed by atoms with van der Waals surface area (Å²) in [5.74, 6) is 3.56. The number of para-hydroxylation sites is 1. The highest BCUT2D eigenvalue weighted by molar-refractivity contribution is 8.39. The van der Waals surface area contributed by atoms with Gasteiger partial charge in [0, 0.05) is 11.8 Å². The van der Waals surface area contributed by atoms with Crippen molar-refractivity contribution in [2.24, 2.45) is 22.7 Å². The van der Waals surface area contributed by atoms with Crippen LogP contribution in [-0.2, 0) is 10.5 Å². The standard InChI is InChI=1S/C20H26N2OS2/c1-12(17-10-14-7-8-15(17)9-14)21-19(23)13(2)25-20-22-18-6-4-3-5-16(18)11-24-20/h3-6,12-15,17H,7-11H2,1-2H3,(H,21,23). The second-order valence-electron chi connectivity index (χ2n) is 7.69. The van der Waals surface area contributed by atoms with Gasteiger partial charge in [0.15, 0.2) is 0 Å². The SMILES string of the molecule is CC(SC1=Nc2ccccc2CS1)C(=O)NC(C)C1CC2CCC1C2. The number of fused-ring (bicyclic) bond motifs is 3. The maximum absolute atomic E-state index is 12.6. The van der Waals surface area contributed by atoms with E-state index in [-0.39, 0.29) is 11.2 Å². The zero-order valence-corrected chi connectivity index (χ0v) is 16.5. The Morgan fingerprint density at radius 3 is 2.88 bits per heavy atom. The number of hydrogen-bond acceptors (Lipinski definition) is 4. The smallest absolute Gasteiger partial charge is 0.233 e. The number of nitrogens with zero attached hydrogens (tertiary/aromatic N) is 1. The maximum atomic E-state index is 12.6. The molecule has 0 aromatic heterocycles. The minimum absolute atomic E-state index is 0.0995. The fourth-order valence-corrected chi connectivity index (χ4v) is 6.83. The van der Waals surface area contributed by atoms with E-state index in [2.05, 4.69) is 30.4 Å². The molecule has 1 amide bonds. The van der Waals surface area contributed by atoms with E-state index in [4.69, 9.17) is 4.99 Å². The van der Waals surface area contributed by atoms with Crippen molar-refractivity contribution in [3.63, 3.8) is 0 Å². The Morgan fingerprint density at radius 2 is 2.12 bits per heavy atom. The number of benzene rings is 1. The van der Waals surface area contributed by atoms with Gasteiger partial charge in [-0.1, -0.05) is 48.1 Å². The monoisotopic (exact) mass is 374 g/mol. The van der Waals surface area contributed by atoms with Crippen molar-refractivity contribution in [3.8, 4) is 0 Å². The second kappa shape index (κ2) is 7.36. The molecule has 134 valence electrons. The van der Waals surface area contributed by atoms with Crippen molar-refractivity contribution in [2.75, 3.05) is 0 Å². The lowest BCUT2D eigenvalue weighted by atomic mass is 9.84. The normalized spacial score (nSPS) is 29.7. The molecular weight excluding hydrogens is 348 g/mol. The number of thioether (sulfide) groups is 2. The average Bonchev–Trinajstić information content (AvgIpc) is 3.25. The van der Waals surface area contributed by atoms with Crippen molar-refractivity contribution in [1.29, 1.82) is 0 Å². The molecule has 3 aliphatic rings. The second-order valence-corrected chi connectivity index (χ2v) is 10.2. The number of nitrogens with one attached hydrogen (secondary N) is 1. The van der Waals surface area contributed by atoms with E-state index in [1.165, 1.54) is 31.2 Å². The highest BCUT2D eigenvalue weighted by Crippen LogP contribution is 2.49. The lowest BCUT2D eigenvalue weighted by molar-refractivity contribution is -0.121. The highest BCUT2D eigenvalue weighted by Gasteiger charge is 2.42. The van der Waals surface area contributed by atoms with E-state index in [1.807, 2.05) is 13.0 Å². The molecule has 25 heavy (non-hydrogen) atoms. The first-order valence-corrected chi connectivity index (χ1v) is 11.2. The largest absolute Gasteiger partial charge is 0.352 e. The van der Waals surface area contributed by atoms with Crippen LogP contribution in [0.4, 0.5) is 5.69 Å². The van der Waals surface area contributed by atoms with Gasteiger partial charge < -0.3 is 5.32 Å². The number of aliphatic imine (C=N–C) groups is 1. The van der Waals surface area contributed by atoms with Gasteiger partial charge in [-0.15, -0.1) is 0 Å². The Bertz CT molecular complexity index is 690.